The maximum Gasteiger partial charge on any atom is 0.254 e. The van der Waals surface area contributed by atoms with Gasteiger partial charge in [0.25, 0.3) is 5.91 Å². The van der Waals surface area contributed by atoms with Crippen LogP contribution in [-0.2, 0) is 9.59 Å². The predicted molar refractivity (Wildman–Crippen MR) is 116 cm³/mol. The highest BCUT2D eigenvalue weighted by Gasteiger charge is 2.33. The highest BCUT2D eigenvalue weighted by atomic mass is 79.9. The molecule has 1 aliphatic rings. The van der Waals surface area contributed by atoms with Gasteiger partial charge in [-0.1, -0.05) is 40.5 Å². The molecular weight excluding hydrogens is 458 g/mol. The van der Waals surface area contributed by atoms with Crippen LogP contribution in [0.2, 0.25) is 5.02 Å². The number of carbonyl (C=O) groups is 3. The molecule has 1 heterocycles. The van der Waals surface area contributed by atoms with E-state index in [1.54, 1.807) is 48.5 Å². The Morgan fingerprint density at radius 3 is 2.55 bits per heavy atom. The van der Waals surface area contributed by atoms with Gasteiger partial charge in [-0.2, -0.15) is 0 Å². The summed E-state index contributed by atoms with van der Waals surface area (Å²) in [4.78, 5) is 42.6. The summed E-state index contributed by atoms with van der Waals surface area (Å²) < 4.78 is 0.879. The molecule has 3 amide bonds. The molecule has 0 spiro atoms. The van der Waals surface area contributed by atoms with Crippen LogP contribution in [0.1, 0.15) is 23.7 Å². The third-order valence-corrected chi connectivity index (χ3v) is 5.37. The van der Waals surface area contributed by atoms with Crippen molar-refractivity contribution >= 4 is 50.9 Å². The number of rotatable bonds is 6. The van der Waals surface area contributed by atoms with Crippen molar-refractivity contribution in [3.8, 4) is 0 Å². The Bertz CT molecular complexity index is 920. The van der Waals surface area contributed by atoms with Gasteiger partial charge >= 0.3 is 0 Å². The maximum atomic E-state index is 12.8. The summed E-state index contributed by atoms with van der Waals surface area (Å²) in [5.74, 6) is -0.645. The summed E-state index contributed by atoms with van der Waals surface area (Å²) in [7, 11) is 0. The van der Waals surface area contributed by atoms with E-state index in [1.807, 2.05) is 6.92 Å². The first kappa shape index (κ1) is 21.3. The number of halogens is 2. The minimum absolute atomic E-state index is 0.0161. The molecule has 29 heavy (non-hydrogen) atoms. The minimum Gasteiger partial charge on any atom is -0.329 e. The Balaban J connectivity index is 1.69. The van der Waals surface area contributed by atoms with Gasteiger partial charge in [-0.25, -0.2) is 0 Å². The molecule has 0 aliphatic carbocycles. The van der Waals surface area contributed by atoms with Crippen molar-refractivity contribution in [2.45, 2.75) is 13.3 Å². The lowest BCUT2D eigenvalue weighted by molar-refractivity contribution is -0.132. The number of carbonyl (C=O) groups excluding carboxylic acids is 3. The van der Waals surface area contributed by atoms with Gasteiger partial charge in [0.2, 0.25) is 11.8 Å². The summed E-state index contributed by atoms with van der Waals surface area (Å²) in [5, 5.41) is 0.522. The fourth-order valence-electron chi connectivity index (χ4n) is 3.15. The molecule has 2 aromatic rings. The molecule has 0 N–H and O–H groups in total. The maximum absolute atomic E-state index is 12.8. The van der Waals surface area contributed by atoms with Crippen molar-refractivity contribution in [3.05, 3.63) is 63.6 Å². The molecule has 2 aromatic carbocycles. The molecular formula is C21H21BrClN3O3. The third-order valence-electron chi connectivity index (χ3n) is 4.61. The van der Waals surface area contributed by atoms with Crippen LogP contribution < -0.4 is 4.90 Å². The number of hydrogen-bond acceptors (Lipinski definition) is 3. The van der Waals surface area contributed by atoms with Crippen molar-refractivity contribution in [3.63, 3.8) is 0 Å². The SMILES string of the molecule is CCCN(CC(=O)N1CC(=O)N(c2cccc(Cl)c2)C1)C(=O)c1ccc(Br)cc1. The lowest BCUT2D eigenvalue weighted by Crippen LogP contribution is -2.43. The van der Waals surface area contributed by atoms with Gasteiger partial charge in [-0.3, -0.25) is 19.3 Å². The molecule has 1 fully saturated rings. The highest BCUT2D eigenvalue weighted by Crippen LogP contribution is 2.23. The van der Waals surface area contributed by atoms with Crippen molar-refractivity contribution < 1.29 is 14.4 Å². The molecule has 0 unspecified atom stereocenters. The molecule has 0 bridgehead atoms. The Hall–Kier alpha value is -2.38. The van der Waals surface area contributed by atoms with Gasteiger partial charge < -0.3 is 9.80 Å². The molecule has 1 saturated heterocycles. The van der Waals surface area contributed by atoms with Crippen LogP contribution in [0.3, 0.4) is 0 Å². The molecule has 0 aromatic heterocycles. The van der Waals surface area contributed by atoms with E-state index in [4.69, 9.17) is 11.6 Å². The molecule has 0 radical (unpaired) electrons. The molecule has 152 valence electrons. The van der Waals surface area contributed by atoms with Gasteiger partial charge in [-0.15, -0.1) is 0 Å². The lowest BCUT2D eigenvalue weighted by atomic mass is 10.2. The number of anilines is 1. The normalized spacial score (nSPS) is 13.7. The summed E-state index contributed by atoms with van der Waals surface area (Å²) in [5.41, 5.74) is 1.17. The summed E-state index contributed by atoms with van der Waals surface area (Å²) in [6.07, 6.45) is 0.725. The van der Waals surface area contributed by atoms with Gasteiger partial charge in [0, 0.05) is 27.3 Å². The zero-order valence-electron chi connectivity index (χ0n) is 16.0. The van der Waals surface area contributed by atoms with Crippen molar-refractivity contribution in [1.82, 2.24) is 9.80 Å². The van der Waals surface area contributed by atoms with Gasteiger partial charge in [-0.05, 0) is 48.9 Å². The molecule has 3 rings (SSSR count). The first-order valence-corrected chi connectivity index (χ1v) is 10.4. The Morgan fingerprint density at radius 2 is 1.90 bits per heavy atom. The van der Waals surface area contributed by atoms with Crippen LogP contribution in [-0.4, -0.2) is 53.8 Å². The van der Waals surface area contributed by atoms with Gasteiger partial charge in [0.1, 0.15) is 19.8 Å². The molecule has 0 saturated carbocycles. The van der Waals surface area contributed by atoms with Gasteiger partial charge in [0.15, 0.2) is 0 Å². The number of amides is 3. The molecule has 1 aliphatic heterocycles. The zero-order valence-corrected chi connectivity index (χ0v) is 18.3. The van der Waals surface area contributed by atoms with Crippen LogP contribution in [0.25, 0.3) is 0 Å². The average Bonchev–Trinajstić information content (AvgIpc) is 3.09. The van der Waals surface area contributed by atoms with Crippen molar-refractivity contribution in [1.29, 1.82) is 0 Å². The van der Waals surface area contributed by atoms with E-state index >= 15 is 0 Å². The number of hydrogen-bond donors (Lipinski definition) is 0. The standard InChI is InChI=1S/C21H21BrClN3O3/c1-2-10-24(21(29)15-6-8-16(22)9-7-15)12-19(27)25-13-20(28)26(14-25)18-5-3-4-17(23)11-18/h3-9,11H,2,10,12-14H2,1H3. The minimum atomic E-state index is -0.262. The third kappa shape index (κ3) is 5.16. The van der Waals surface area contributed by atoms with Gasteiger partial charge in [0.05, 0.1) is 0 Å². The Labute approximate surface area is 183 Å². The lowest BCUT2D eigenvalue weighted by Gasteiger charge is -2.25. The zero-order chi connectivity index (χ0) is 21.0. The summed E-state index contributed by atoms with van der Waals surface area (Å²) in [6.45, 7) is 2.47. The molecule has 8 heteroatoms. The number of benzene rings is 2. The van der Waals surface area contributed by atoms with E-state index in [0.29, 0.717) is 22.8 Å². The first-order chi connectivity index (χ1) is 13.9. The summed E-state index contributed by atoms with van der Waals surface area (Å²) in [6, 6.07) is 14.0. The van der Waals surface area contributed by atoms with Crippen LogP contribution in [0, 0.1) is 0 Å². The second-order valence-corrected chi connectivity index (χ2v) is 8.12. The largest absolute Gasteiger partial charge is 0.329 e. The Morgan fingerprint density at radius 1 is 1.17 bits per heavy atom. The van der Waals surface area contributed by atoms with E-state index < -0.39 is 0 Å². The fourth-order valence-corrected chi connectivity index (χ4v) is 3.59. The van der Waals surface area contributed by atoms with Crippen molar-refractivity contribution in [2.75, 3.05) is 31.2 Å². The van der Waals surface area contributed by atoms with E-state index in [1.165, 1.54) is 14.7 Å². The molecule has 6 nitrogen and oxygen atoms in total. The van der Waals surface area contributed by atoms with E-state index in [0.717, 1.165) is 10.9 Å². The first-order valence-electron chi connectivity index (χ1n) is 9.27. The van der Waals surface area contributed by atoms with Crippen LogP contribution >= 0.6 is 27.5 Å². The van der Waals surface area contributed by atoms with E-state index in [9.17, 15) is 14.4 Å². The fraction of sp³-hybridized carbons (Fsp3) is 0.286. The highest BCUT2D eigenvalue weighted by molar-refractivity contribution is 9.10. The second kappa shape index (κ2) is 9.41. The van der Waals surface area contributed by atoms with E-state index in [2.05, 4.69) is 15.9 Å². The molecule has 0 atom stereocenters. The quantitative estimate of drug-likeness (QED) is 0.635. The topological polar surface area (TPSA) is 60.9 Å². The predicted octanol–water partition coefficient (Wildman–Crippen LogP) is 3.79. The summed E-state index contributed by atoms with van der Waals surface area (Å²) >= 11 is 9.36. The average molecular weight is 479 g/mol. The smallest absolute Gasteiger partial charge is 0.254 e. The second-order valence-electron chi connectivity index (χ2n) is 6.77. The van der Waals surface area contributed by atoms with Crippen LogP contribution in [0.5, 0.6) is 0 Å². The van der Waals surface area contributed by atoms with Crippen LogP contribution in [0.4, 0.5) is 5.69 Å². The van der Waals surface area contributed by atoms with Crippen molar-refractivity contribution in [2.24, 2.45) is 0 Å². The van der Waals surface area contributed by atoms with E-state index in [-0.39, 0.29) is 37.5 Å². The number of nitrogens with zero attached hydrogens (tertiary/aromatic N) is 3. The van der Waals surface area contributed by atoms with Crippen LogP contribution in [0.15, 0.2) is 53.0 Å². The Kier molecular flexibility index (Phi) is 6.92. The monoisotopic (exact) mass is 477 g/mol.